The molecule has 0 spiro atoms. The molecular weight excluding hydrogens is 376 g/mol. The summed E-state index contributed by atoms with van der Waals surface area (Å²) in [6.45, 7) is 0.836. The SMILES string of the molecule is O=C(c1ccccc1)[C@@H]1[C@@H]2C(=O)N(c3ccc(Cl)cc3)C(=O)[C@@H]2[C@@H]2CCC[NH+]12. The van der Waals surface area contributed by atoms with Crippen molar-refractivity contribution < 1.29 is 19.3 Å². The molecule has 0 saturated carbocycles. The first-order valence-electron chi connectivity index (χ1n) is 9.66. The van der Waals surface area contributed by atoms with E-state index in [1.807, 2.05) is 18.2 Å². The van der Waals surface area contributed by atoms with E-state index < -0.39 is 17.9 Å². The van der Waals surface area contributed by atoms with Crippen LogP contribution in [0.4, 0.5) is 5.69 Å². The van der Waals surface area contributed by atoms with Crippen LogP contribution < -0.4 is 9.80 Å². The topological polar surface area (TPSA) is 58.9 Å². The lowest BCUT2D eigenvalue weighted by atomic mass is 9.85. The molecular formula is C22H20ClN2O3+. The van der Waals surface area contributed by atoms with Crippen molar-refractivity contribution in [2.45, 2.75) is 24.9 Å². The monoisotopic (exact) mass is 395 g/mol. The average molecular weight is 396 g/mol. The van der Waals surface area contributed by atoms with E-state index in [2.05, 4.69) is 0 Å². The van der Waals surface area contributed by atoms with E-state index in [0.29, 0.717) is 16.3 Å². The predicted molar refractivity (Wildman–Crippen MR) is 104 cm³/mol. The Bertz CT molecular complexity index is 960. The highest BCUT2D eigenvalue weighted by Crippen LogP contribution is 2.40. The number of fused-ring (bicyclic) bond motifs is 3. The molecule has 6 heteroatoms. The highest BCUT2D eigenvalue weighted by Gasteiger charge is 2.68. The van der Waals surface area contributed by atoms with Crippen molar-refractivity contribution in [3.8, 4) is 0 Å². The van der Waals surface area contributed by atoms with Crippen molar-refractivity contribution in [3.63, 3.8) is 0 Å². The van der Waals surface area contributed by atoms with Crippen molar-refractivity contribution in [2.24, 2.45) is 11.8 Å². The van der Waals surface area contributed by atoms with Crippen LogP contribution in [0.5, 0.6) is 0 Å². The van der Waals surface area contributed by atoms with Crippen LogP contribution in [-0.4, -0.2) is 36.2 Å². The number of ketones is 1. The molecule has 3 heterocycles. The lowest BCUT2D eigenvalue weighted by molar-refractivity contribution is -0.915. The number of rotatable bonds is 3. The summed E-state index contributed by atoms with van der Waals surface area (Å²) in [6, 6.07) is 15.4. The molecule has 3 aliphatic heterocycles. The minimum atomic E-state index is -0.587. The third-order valence-electron chi connectivity index (χ3n) is 6.47. The minimum Gasteiger partial charge on any atom is -0.322 e. The number of quaternary nitrogens is 1. The molecule has 2 aromatic carbocycles. The van der Waals surface area contributed by atoms with Gasteiger partial charge in [0.2, 0.25) is 17.6 Å². The first kappa shape index (κ1) is 17.6. The molecule has 1 N–H and O–H groups in total. The zero-order valence-corrected chi connectivity index (χ0v) is 15.9. The van der Waals surface area contributed by atoms with Gasteiger partial charge in [-0.25, -0.2) is 4.90 Å². The molecule has 28 heavy (non-hydrogen) atoms. The number of halogens is 1. The fourth-order valence-electron chi connectivity index (χ4n) is 5.37. The van der Waals surface area contributed by atoms with Gasteiger partial charge in [0.1, 0.15) is 17.9 Å². The summed E-state index contributed by atoms with van der Waals surface area (Å²) in [6.07, 6.45) is 1.85. The highest BCUT2D eigenvalue weighted by atomic mass is 35.5. The Morgan fingerprint density at radius 1 is 0.964 bits per heavy atom. The molecule has 3 aliphatic rings. The number of imide groups is 1. The number of nitrogens with one attached hydrogen (secondary N) is 1. The number of carbonyl (C=O) groups excluding carboxylic acids is 3. The van der Waals surface area contributed by atoms with Crippen LogP contribution in [0.1, 0.15) is 23.2 Å². The standard InChI is InChI=1S/C22H19ClN2O3/c23-14-8-10-15(11-9-14)25-21(27)17-16-7-4-12-24(16)19(18(17)22(25)28)20(26)13-5-2-1-3-6-13/h1-3,5-6,8-11,16-19H,4,7,12H2/p+1/t16-,17+,18+,19-/m0/s1. The first-order chi connectivity index (χ1) is 13.6. The van der Waals surface area contributed by atoms with Gasteiger partial charge in [0.05, 0.1) is 12.2 Å². The fourth-order valence-corrected chi connectivity index (χ4v) is 5.49. The minimum absolute atomic E-state index is 0.0332. The number of Topliss-reactive ketones (excluding diaryl/α,β-unsaturated/α-hetero) is 1. The summed E-state index contributed by atoms with van der Waals surface area (Å²) in [5.74, 6) is -1.47. The molecule has 3 saturated heterocycles. The molecule has 0 bridgehead atoms. The number of nitrogens with zero attached hydrogens (tertiary/aromatic N) is 1. The molecule has 2 amide bonds. The van der Waals surface area contributed by atoms with E-state index >= 15 is 0 Å². The van der Waals surface area contributed by atoms with Crippen molar-refractivity contribution in [3.05, 3.63) is 65.2 Å². The van der Waals surface area contributed by atoms with E-state index in [1.54, 1.807) is 36.4 Å². The number of anilines is 1. The summed E-state index contributed by atoms with van der Waals surface area (Å²) in [5.41, 5.74) is 1.13. The Labute approximate surface area is 167 Å². The Hall–Kier alpha value is -2.50. The zero-order chi connectivity index (χ0) is 19.4. The van der Waals surface area contributed by atoms with Crippen LogP contribution >= 0.6 is 11.6 Å². The number of carbonyl (C=O) groups is 3. The van der Waals surface area contributed by atoms with Gasteiger partial charge in [-0.15, -0.1) is 0 Å². The molecule has 0 radical (unpaired) electrons. The second kappa shape index (κ2) is 6.54. The molecule has 2 aromatic rings. The Morgan fingerprint density at radius 2 is 1.64 bits per heavy atom. The fraction of sp³-hybridized carbons (Fsp3) is 0.318. The zero-order valence-electron chi connectivity index (χ0n) is 15.2. The Balaban J connectivity index is 1.55. The molecule has 0 aliphatic carbocycles. The van der Waals surface area contributed by atoms with Crippen molar-refractivity contribution in [1.82, 2.24) is 0 Å². The summed E-state index contributed by atoms with van der Waals surface area (Å²) < 4.78 is 0. The maximum absolute atomic E-state index is 13.4. The Kier molecular flexibility index (Phi) is 4.11. The van der Waals surface area contributed by atoms with Gasteiger partial charge in [-0.2, -0.15) is 0 Å². The quantitative estimate of drug-likeness (QED) is 0.636. The average Bonchev–Trinajstić information content (AvgIpc) is 3.35. The molecule has 5 nitrogen and oxygen atoms in total. The lowest BCUT2D eigenvalue weighted by Crippen LogP contribution is -3.16. The van der Waals surface area contributed by atoms with E-state index in [4.69, 9.17) is 11.6 Å². The number of hydrogen-bond donors (Lipinski definition) is 1. The third-order valence-corrected chi connectivity index (χ3v) is 6.72. The van der Waals surface area contributed by atoms with Crippen LogP contribution in [-0.2, 0) is 9.59 Å². The van der Waals surface area contributed by atoms with Gasteiger partial charge >= 0.3 is 0 Å². The van der Waals surface area contributed by atoms with Crippen LogP contribution in [0, 0.1) is 11.8 Å². The van der Waals surface area contributed by atoms with Gasteiger partial charge < -0.3 is 4.90 Å². The van der Waals surface area contributed by atoms with E-state index in [1.165, 1.54) is 4.90 Å². The molecule has 1 unspecified atom stereocenters. The second-order valence-electron chi connectivity index (χ2n) is 7.82. The summed E-state index contributed by atoms with van der Waals surface area (Å²) >= 11 is 5.96. The lowest BCUT2D eigenvalue weighted by Gasteiger charge is -2.25. The van der Waals surface area contributed by atoms with Crippen LogP contribution in [0.3, 0.4) is 0 Å². The number of hydrogen-bond acceptors (Lipinski definition) is 3. The van der Waals surface area contributed by atoms with Gasteiger partial charge in [0.15, 0.2) is 6.04 Å². The smallest absolute Gasteiger partial charge is 0.244 e. The molecule has 3 fully saturated rings. The van der Waals surface area contributed by atoms with Gasteiger partial charge in [0, 0.05) is 23.4 Å². The van der Waals surface area contributed by atoms with Gasteiger partial charge in [-0.1, -0.05) is 41.9 Å². The largest absolute Gasteiger partial charge is 0.322 e. The number of amides is 2. The van der Waals surface area contributed by atoms with E-state index in [9.17, 15) is 14.4 Å². The molecule has 5 atom stereocenters. The molecule has 0 aromatic heterocycles. The third kappa shape index (κ3) is 2.46. The predicted octanol–water partition coefficient (Wildman–Crippen LogP) is 1.76. The molecule has 142 valence electrons. The first-order valence-corrected chi connectivity index (χ1v) is 10.0. The van der Waals surface area contributed by atoms with Crippen LogP contribution in [0.15, 0.2) is 54.6 Å². The molecule has 5 rings (SSSR count). The van der Waals surface area contributed by atoms with Gasteiger partial charge in [-0.3, -0.25) is 14.4 Å². The van der Waals surface area contributed by atoms with Crippen molar-refractivity contribution in [1.29, 1.82) is 0 Å². The number of benzene rings is 2. The maximum Gasteiger partial charge on any atom is 0.244 e. The maximum atomic E-state index is 13.4. The van der Waals surface area contributed by atoms with Gasteiger partial charge in [0.25, 0.3) is 0 Å². The van der Waals surface area contributed by atoms with Crippen molar-refractivity contribution >= 4 is 34.9 Å². The Morgan fingerprint density at radius 3 is 2.36 bits per heavy atom. The van der Waals surface area contributed by atoms with Crippen LogP contribution in [0.25, 0.3) is 0 Å². The van der Waals surface area contributed by atoms with E-state index in [0.717, 1.165) is 24.3 Å². The van der Waals surface area contributed by atoms with E-state index in [-0.39, 0.29) is 23.6 Å². The summed E-state index contributed by atoms with van der Waals surface area (Å²) in [7, 11) is 0. The summed E-state index contributed by atoms with van der Waals surface area (Å²) in [5, 5.41) is 0.548. The highest BCUT2D eigenvalue weighted by molar-refractivity contribution is 6.31. The normalized spacial score (nSPS) is 31.2. The van der Waals surface area contributed by atoms with Gasteiger partial charge in [-0.05, 0) is 24.3 Å². The van der Waals surface area contributed by atoms with Crippen LogP contribution in [0.2, 0.25) is 5.02 Å². The second-order valence-corrected chi connectivity index (χ2v) is 8.26. The summed E-state index contributed by atoms with van der Waals surface area (Å²) in [4.78, 5) is 42.4. The van der Waals surface area contributed by atoms with Crippen molar-refractivity contribution in [2.75, 3.05) is 11.4 Å².